The predicted octanol–water partition coefficient (Wildman–Crippen LogP) is 3.03. The predicted molar refractivity (Wildman–Crippen MR) is 90.1 cm³/mol. The number of fused-ring (bicyclic) bond motifs is 3. The Labute approximate surface area is 138 Å². The third-order valence-electron chi connectivity index (χ3n) is 5.55. The van der Waals surface area contributed by atoms with Crippen molar-refractivity contribution in [2.45, 2.75) is 25.4 Å². The number of rotatable bonds is 1. The minimum Gasteiger partial charge on any atom is -0.439 e. The highest BCUT2D eigenvalue weighted by molar-refractivity contribution is 7.18. The Hall–Kier alpha value is -1.66. The van der Waals surface area contributed by atoms with Crippen LogP contribution in [0.1, 0.15) is 17.8 Å². The van der Waals surface area contributed by atoms with E-state index in [2.05, 4.69) is 16.0 Å². The van der Waals surface area contributed by atoms with Crippen LogP contribution in [0.25, 0.3) is 10.2 Å². The van der Waals surface area contributed by atoms with Crippen LogP contribution in [0.4, 0.5) is 10.5 Å². The summed E-state index contributed by atoms with van der Waals surface area (Å²) in [4.78, 5) is 21.3. The first-order valence-electron chi connectivity index (χ1n) is 8.23. The van der Waals surface area contributed by atoms with Crippen LogP contribution in [-0.4, -0.2) is 47.8 Å². The van der Waals surface area contributed by atoms with Gasteiger partial charge in [0, 0.05) is 18.2 Å². The molecule has 0 unspecified atom stereocenters. The molecule has 6 heteroatoms. The zero-order valence-corrected chi connectivity index (χ0v) is 13.9. The van der Waals surface area contributed by atoms with Crippen LogP contribution in [0.2, 0.25) is 0 Å². The number of thiazole rings is 1. The van der Waals surface area contributed by atoms with Gasteiger partial charge in [0.25, 0.3) is 0 Å². The topological polar surface area (TPSA) is 45.7 Å². The molecule has 4 aliphatic heterocycles. The van der Waals surface area contributed by atoms with Crippen molar-refractivity contribution in [3.8, 4) is 0 Å². The quantitative estimate of drug-likeness (QED) is 0.807. The maximum Gasteiger partial charge on any atom is 0.415 e. The summed E-state index contributed by atoms with van der Waals surface area (Å²) in [6.07, 6.45) is 2.08. The van der Waals surface area contributed by atoms with Gasteiger partial charge in [-0.15, -0.1) is 11.3 Å². The minimum atomic E-state index is -0.305. The lowest BCUT2D eigenvalue weighted by molar-refractivity contribution is -0.0881. The molecule has 0 aliphatic carbocycles. The molecule has 4 fully saturated rings. The highest BCUT2D eigenvalue weighted by atomic mass is 32.1. The average molecular weight is 329 g/mol. The molecule has 2 bridgehead atoms. The highest BCUT2D eigenvalue weighted by Gasteiger charge is 2.55. The summed E-state index contributed by atoms with van der Waals surface area (Å²) in [6.45, 7) is 5.86. The van der Waals surface area contributed by atoms with Crippen LogP contribution in [0, 0.1) is 12.8 Å². The standard InChI is InChI=1S/C17H19N3O2S/c1-11-18-14-8-13(2-3-15(14)23-11)20-10-17(22-16(20)21)9-19-6-4-12(17)5-7-19/h2-3,8,12H,4-7,9-10H2,1H3/t17-/m1/s1. The Morgan fingerprint density at radius 2 is 2.13 bits per heavy atom. The molecule has 1 amide bonds. The molecule has 120 valence electrons. The molecule has 5 nitrogen and oxygen atoms in total. The van der Waals surface area contributed by atoms with Crippen LogP contribution in [-0.2, 0) is 4.74 Å². The number of amides is 1. The van der Waals surface area contributed by atoms with E-state index in [-0.39, 0.29) is 11.7 Å². The fourth-order valence-corrected chi connectivity index (χ4v) is 5.22. The van der Waals surface area contributed by atoms with Crippen molar-refractivity contribution in [1.29, 1.82) is 0 Å². The molecule has 6 rings (SSSR count). The van der Waals surface area contributed by atoms with E-state index in [1.807, 2.05) is 19.1 Å². The monoisotopic (exact) mass is 329 g/mol. The molecule has 4 saturated heterocycles. The minimum absolute atomic E-state index is 0.204. The van der Waals surface area contributed by atoms with E-state index in [1.54, 1.807) is 16.2 Å². The van der Waals surface area contributed by atoms with Gasteiger partial charge in [-0.3, -0.25) is 9.80 Å². The SMILES string of the molecule is Cc1nc2cc(N3C[C@@]4(CN5CCC4CC5)OC3=O)ccc2s1. The lowest BCUT2D eigenvalue weighted by atomic mass is 9.75. The van der Waals surface area contributed by atoms with Crippen LogP contribution in [0.15, 0.2) is 18.2 Å². The Kier molecular flexibility index (Phi) is 2.79. The molecule has 0 N–H and O–H groups in total. The first-order chi connectivity index (χ1) is 11.1. The van der Waals surface area contributed by atoms with Crippen LogP contribution >= 0.6 is 11.3 Å². The normalized spacial score (nSPS) is 32.9. The number of nitrogens with zero attached hydrogens (tertiary/aromatic N) is 3. The summed E-state index contributed by atoms with van der Waals surface area (Å²) in [7, 11) is 0. The van der Waals surface area contributed by atoms with Crippen molar-refractivity contribution in [1.82, 2.24) is 9.88 Å². The Morgan fingerprint density at radius 1 is 1.30 bits per heavy atom. The van der Waals surface area contributed by atoms with Crippen molar-refractivity contribution >= 4 is 33.3 Å². The molecule has 2 aromatic rings. The van der Waals surface area contributed by atoms with Gasteiger partial charge in [0.05, 0.1) is 21.8 Å². The van der Waals surface area contributed by atoms with Gasteiger partial charge in [0.1, 0.15) is 5.60 Å². The lowest BCUT2D eigenvalue weighted by Crippen LogP contribution is -2.61. The third-order valence-corrected chi connectivity index (χ3v) is 6.50. The van der Waals surface area contributed by atoms with Crippen molar-refractivity contribution in [2.24, 2.45) is 5.92 Å². The van der Waals surface area contributed by atoms with Crippen LogP contribution in [0.3, 0.4) is 0 Å². The molecular weight excluding hydrogens is 310 g/mol. The van der Waals surface area contributed by atoms with Gasteiger partial charge in [0.15, 0.2) is 0 Å². The third kappa shape index (κ3) is 2.01. The fourth-order valence-electron chi connectivity index (χ4n) is 4.41. The van der Waals surface area contributed by atoms with Gasteiger partial charge >= 0.3 is 6.09 Å². The number of hydrogen-bond acceptors (Lipinski definition) is 5. The maximum absolute atomic E-state index is 12.5. The smallest absolute Gasteiger partial charge is 0.415 e. The summed E-state index contributed by atoms with van der Waals surface area (Å²) in [5, 5.41) is 1.05. The number of aromatic nitrogens is 1. The fraction of sp³-hybridized carbons (Fsp3) is 0.529. The summed E-state index contributed by atoms with van der Waals surface area (Å²) in [6, 6.07) is 6.09. The Bertz CT molecular complexity index is 796. The van der Waals surface area contributed by atoms with Gasteiger partial charge in [-0.2, -0.15) is 0 Å². The number of hydrogen-bond donors (Lipinski definition) is 0. The van der Waals surface area contributed by atoms with Crippen LogP contribution in [0.5, 0.6) is 0 Å². The molecule has 5 heterocycles. The molecule has 0 radical (unpaired) electrons. The maximum atomic E-state index is 12.5. The van der Waals surface area contributed by atoms with Crippen molar-refractivity contribution in [3.05, 3.63) is 23.2 Å². The van der Waals surface area contributed by atoms with E-state index >= 15 is 0 Å². The second kappa shape index (κ2) is 4.68. The molecule has 23 heavy (non-hydrogen) atoms. The first-order valence-corrected chi connectivity index (χ1v) is 9.05. The molecule has 0 saturated carbocycles. The molecule has 1 aromatic heterocycles. The van der Waals surface area contributed by atoms with Gasteiger partial charge in [0.2, 0.25) is 0 Å². The average Bonchev–Trinajstić information content (AvgIpc) is 3.07. The number of piperidine rings is 3. The second-order valence-corrected chi connectivity index (χ2v) is 8.19. The molecule has 1 spiro atoms. The van der Waals surface area contributed by atoms with Gasteiger partial charge < -0.3 is 4.74 Å². The van der Waals surface area contributed by atoms with Gasteiger partial charge in [-0.1, -0.05) is 0 Å². The molecular formula is C17H19N3O2S. The van der Waals surface area contributed by atoms with E-state index in [0.29, 0.717) is 12.5 Å². The van der Waals surface area contributed by atoms with Crippen LogP contribution < -0.4 is 4.90 Å². The number of anilines is 1. The van der Waals surface area contributed by atoms with E-state index in [1.165, 1.54) is 0 Å². The summed E-state index contributed by atoms with van der Waals surface area (Å²) >= 11 is 1.68. The number of carbonyl (C=O) groups is 1. The number of carbonyl (C=O) groups excluding carboxylic acids is 1. The number of aryl methyl sites for hydroxylation is 1. The summed E-state index contributed by atoms with van der Waals surface area (Å²) in [5.41, 5.74) is 1.56. The second-order valence-electron chi connectivity index (χ2n) is 6.95. The van der Waals surface area contributed by atoms with Gasteiger partial charge in [-0.05, 0) is 51.1 Å². The number of ether oxygens (including phenoxy) is 1. The highest BCUT2D eigenvalue weighted by Crippen LogP contribution is 2.43. The Balaban J connectivity index is 1.49. The van der Waals surface area contributed by atoms with E-state index in [9.17, 15) is 4.79 Å². The molecule has 1 atom stereocenters. The number of benzene rings is 1. The van der Waals surface area contributed by atoms with Crippen molar-refractivity contribution in [2.75, 3.05) is 31.1 Å². The molecule has 1 aromatic carbocycles. The first kappa shape index (κ1) is 13.7. The zero-order valence-electron chi connectivity index (χ0n) is 13.1. The van der Waals surface area contributed by atoms with Crippen molar-refractivity contribution in [3.63, 3.8) is 0 Å². The zero-order chi connectivity index (χ0) is 15.6. The van der Waals surface area contributed by atoms with E-state index < -0.39 is 0 Å². The Morgan fingerprint density at radius 3 is 2.87 bits per heavy atom. The van der Waals surface area contributed by atoms with Crippen molar-refractivity contribution < 1.29 is 9.53 Å². The summed E-state index contributed by atoms with van der Waals surface area (Å²) in [5.74, 6) is 0.506. The van der Waals surface area contributed by atoms with Gasteiger partial charge in [-0.25, -0.2) is 9.78 Å². The van der Waals surface area contributed by atoms with E-state index in [4.69, 9.17) is 4.74 Å². The molecule has 4 aliphatic rings. The summed E-state index contributed by atoms with van der Waals surface area (Å²) < 4.78 is 7.10. The largest absolute Gasteiger partial charge is 0.439 e. The lowest BCUT2D eigenvalue weighted by Gasteiger charge is -2.49. The van der Waals surface area contributed by atoms with E-state index in [0.717, 1.165) is 53.4 Å².